The van der Waals surface area contributed by atoms with Gasteiger partial charge in [0.2, 0.25) is 29.5 Å². The molecule has 3 aromatic rings. The molecule has 0 radical (unpaired) electrons. The number of thioether (sulfide) groups is 1. The summed E-state index contributed by atoms with van der Waals surface area (Å²) in [6.45, 7) is 7.92. The van der Waals surface area contributed by atoms with Gasteiger partial charge in [0, 0.05) is 60.7 Å². The molecule has 21 heteroatoms. The lowest BCUT2D eigenvalue weighted by atomic mass is 9.86. The van der Waals surface area contributed by atoms with Gasteiger partial charge in [0.05, 0.1) is 34.9 Å². The molecule has 0 saturated heterocycles. The van der Waals surface area contributed by atoms with Crippen LogP contribution in [0.15, 0.2) is 35.1 Å². The summed E-state index contributed by atoms with van der Waals surface area (Å²) in [6.07, 6.45) is 6.56. The molecule has 0 spiro atoms. The third-order valence-electron chi connectivity index (χ3n) is 12.6. The van der Waals surface area contributed by atoms with Crippen molar-refractivity contribution in [2.75, 3.05) is 18.2 Å². The molecule has 7 amide bonds. The van der Waals surface area contributed by atoms with E-state index in [4.69, 9.17) is 9.72 Å². The molecule has 370 valence electrons. The molecule has 3 aliphatic rings. The minimum Gasteiger partial charge on any atom is -0.458 e. The molecule has 0 saturated carbocycles. The number of hydrogen-bond acceptors (Lipinski definition) is 13. The molecule has 4 atom stereocenters. The van der Waals surface area contributed by atoms with E-state index < -0.39 is 58.8 Å². The quantitative estimate of drug-likeness (QED) is 0.0271. The van der Waals surface area contributed by atoms with Crippen LogP contribution in [0.4, 0.5) is 4.39 Å². The van der Waals surface area contributed by atoms with Gasteiger partial charge in [-0.3, -0.25) is 43.3 Å². The van der Waals surface area contributed by atoms with E-state index in [2.05, 4.69) is 26.6 Å². The first kappa shape index (κ1) is 51.9. The number of pyridine rings is 2. The van der Waals surface area contributed by atoms with Crippen LogP contribution >= 0.6 is 11.8 Å². The molecule has 3 aliphatic heterocycles. The number of hydrogen-bond donors (Lipinski definition) is 6. The second-order valence-corrected chi connectivity index (χ2v) is 18.6. The van der Waals surface area contributed by atoms with Crippen molar-refractivity contribution in [2.45, 2.75) is 136 Å². The van der Waals surface area contributed by atoms with Crippen molar-refractivity contribution in [3.63, 3.8) is 0 Å². The van der Waals surface area contributed by atoms with Gasteiger partial charge < -0.3 is 41.0 Å². The highest BCUT2D eigenvalue weighted by atomic mass is 32.2. The number of carbonyl (C=O) groups is 8. The number of aromatic nitrogens is 2. The van der Waals surface area contributed by atoms with Gasteiger partial charge in [-0.25, -0.2) is 14.2 Å². The standard InChI is InChI=1S/C48H59FN8O11S/c1-6-48(67)34-20-37-42-32(23-57(37)46(65)33(34)24-68-47(48)66)31(30-19-26(2)35(49)21-36(30)55-42)22-50-38(58)13-10-8-12-18-69-25-51-43(62)27(3)53-45(64)29(5)54-44(63)28(4)52-39(59)14-9-7-11-17-56-40(60)15-16-41(56)61/h15-16,19-21,27-29,67H,6-14,17-18,22-25H2,1-5H3,(H,50,58)(H,51,62)(H,52,59)(H,53,64)(H,54,63)/t27-,28-,29-,48-/m0/s1. The van der Waals surface area contributed by atoms with Gasteiger partial charge in [-0.2, -0.15) is 0 Å². The highest BCUT2D eigenvalue weighted by Gasteiger charge is 2.45. The maximum absolute atomic E-state index is 14.9. The molecule has 0 aliphatic carbocycles. The van der Waals surface area contributed by atoms with E-state index in [-0.39, 0.29) is 86.1 Å². The van der Waals surface area contributed by atoms with Crippen molar-refractivity contribution in [3.8, 4) is 11.4 Å². The van der Waals surface area contributed by atoms with Crippen LogP contribution in [0.3, 0.4) is 0 Å². The van der Waals surface area contributed by atoms with Crippen molar-refractivity contribution in [3.05, 3.63) is 74.3 Å². The number of ether oxygens (including phenoxy) is 1. The summed E-state index contributed by atoms with van der Waals surface area (Å²) in [4.78, 5) is 119. The Morgan fingerprint density at radius 3 is 2.14 bits per heavy atom. The molecule has 0 unspecified atom stereocenters. The summed E-state index contributed by atoms with van der Waals surface area (Å²) >= 11 is 1.48. The summed E-state index contributed by atoms with van der Waals surface area (Å²) in [5.41, 5.74) is 0.766. The zero-order valence-electron chi connectivity index (χ0n) is 39.4. The molecule has 2 aromatic heterocycles. The number of halogens is 1. The van der Waals surface area contributed by atoms with Crippen LogP contribution in [-0.2, 0) is 68.4 Å². The highest BCUT2D eigenvalue weighted by Crippen LogP contribution is 2.40. The van der Waals surface area contributed by atoms with Gasteiger partial charge in [0.15, 0.2) is 5.60 Å². The fraction of sp³-hybridized carbons (Fsp3) is 0.500. The number of aliphatic hydroxyl groups is 1. The zero-order chi connectivity index (χ0) is 50.2. The van der Waals surface area contributed by atoms with Gasteiger partial charge in [0.1, 0.15) is 30.5 Å². The number of nitrogens with zero attached hydrogens (tertiary/aromatic N) is 3. The number of amides is 7. The minimum absolute atomic E-state index is 0.0136. The van der Waals surface area contributed by atoms with Gasteiger partial charge >= 0.3 is 5.97 Å². The third-order valence-corrected chi connectivity index (χ3v) is 13.5. The Morgan fingerprint density at radius 2 is 1.46 bits per heavy atom. The monoisotopic (exact) mass is 974 g/mol. The van der Waals surface area contributed by atoms with Gasteiger partial charge in [0.25, 0.3) is 17.4 Å². The molecule has 6 N–H and O–H groups in total. The number of unbranched alkanes of at least 4 members (excludes halogenated alkanes) is 4. The van der Waals surface area contributed by atoms with E-state index in [0.29, 0.717) is 70.4 Å². The first-order chi connectivity index (χ1) is 32.8. The molecular weight excluding hydrogens is 916 g/mol. The zero-order valence-corrected chi connectivity index (χ0v) is 40.2. The maximum Gasteiger partial charge on any atom is 0.343 e. The SMILES string of the molecule is CC[C@@]1(O)C(=O)OCc2c1cc1n(c2=O)Cc2c-1nc1cc(F)c(C)cc1c2CNC(=O)CCCCCSCNC(=O)[C@H](C)NC(=O)[C@H](C)NC(=O)[C@H](C)NC(=O)CCCCCN1C(=O)C=CC1=O. The third kappa shape index (κ3) is 12.0. The second kappa shape index (κ2) is 22.8. The number of benzene rings is 1. The van der Waals surface area contributed by atoms with Crippen molar-refractivity contribution in [1.82, 2.24) is 41.0 Å². The lowest BCUT2D eigenvalue weighted by Gasteiger charge is -2.31. The molecular formula is C48H59FN8O11S. The van der Waals surface area contributed by atoms with Crippen molar-refractivity contribution in [2.24, 2.45) is 0 Å². The number of carbonyl (C=O) groups excluding carboxylic acids is 8. The number of cyclic esters (lactones) is 1. The highest BCUT2D eigenvalue weighted by molar-refractivity contribution is 7.99. The van der Waals surface area contributed by atoms with E-state index in [1.54, 1.807) is 26.0 Å². The van der Waals surface area contributed by atoms with Gasteiger partial charge in [-0.15, -0.1) is 11.8 Å². The number of rotatable bonds is 23. The summed E-state index contributed by atoms with van der Waals surface area (Å²) in [6, 6.07) is 1.77. The summed E-state index contributed by atoms with van der Waals surface area (Å²) in [5, 5.41) is 25.3. The van der Waals surface area contributed by atoms with Crippen molar-refractivity contribution in [1.29, 1.82) is 0 Å². The van der Waals surface area contributed by atoms with Crippen LogP contribution < -0.4 is 32.1 Å². The Bertz CT molecular complexity index is 2640. The van der Waals surface area contributed by atoms with E-state index in [1.807, 2.05) is 0 Å². The van der Waals surface area contributed by atoms with Crippen molar-refractivity contribution >= 4 is 70.0 Å². The van der Waals surface area contributed by atoms with Crippen LogP contribution in [0, 0.1) is 12.7 Å². The maximum atomic E-state index is 14.9. The van der Waals surface area contributed by atoms with Crippen LogP contribution in [0.25, 0.3) is 22.3 Å². The molecule has 0 bridgehead atoms. The smallest absolute Gasteiger partial charge is 0.343 e. The van der Waals surface area contributed by atoms with E-state index in [1.165, 1.54) is 55.3 Å². The number of imide groups is 1. The van der Waals surface area contributed by atoms with Gasteiger partial charge in [-0.1, -0.05) is 19.8 Å². The summed E-state index contributed by atoms with van der Waals surface area (Å²) < 4.78 is 21.5. The lowest BCUT2D eigenvalue weighted by molar-refractivity contribution is -0.172. The Kier molecular flexibility index (Phi) is 17.1. The number of aryl methyl sites for hydroxylation is 1. The van der Waals surface area contributed by atoms with Crippen LogP contribution in [-0.4, -0.2) is 103 Å². The predicted octanol–water partition coefficient (Wildman–Crippen LogP) is 2.51. The molecule has 1 aromatic carbocycles. The van der Waals surface area contributed by atoms with E-state index >= 15 is 0 Å². The van der Waals surface area contributed by atoms with Crippen molar-refractivity contribution < 1.29 is 52.6 Å². The molecule has 6 rings (SSSR count). The topological polar surface area (TPSA) is 264 Å². The minimum atomic E-state index is -2.00. The average Bonchev–Trinajstić information content (AvgIpc) is 3.84. The fourth-order valence-electron chi connectivity index (χ4n) is 8.35. The largest absolute Gasteiger partial charge is 0.458 e. The Hall–Kier alpha value is -6.48. The number of nitrogens with one attached hydrogen (secondary N) is 5. The Balaban J connectivity index is 0.874. The van der Waals surface area contributed by atoms with Crippen LogP contribution in [0.5, 0.6) is 0 Å². The molecule has 5 heterocycles. The molecule has 0 fully saturated rings. The van der Waals surface area contributed by atoms with E-state index in [0.717, 1.165) is 17.7 Å². The van der Waals surface area contributed by atoms with Gasteiger partial charge in [-0.05, 0) is 88.8 Å². The lowest BCUT2D eigenvalue weighted by Crippen LogP contribution is -2.54. The number of esters is 1. The molecule has 69 heavy (non-hydrogen) atoms. The Morgan fingerprint density at radius 1 is 0.826 bits per heavy atom. The summed E-state index contributed by atoms with van der Waals surface area (Å²) in [5.74, 6) is -3.16. The second-order valence-electron chi connectivity index (χ2n) is 17.5. The summed E-state index contributed by atoms with van der Waals surface area (Å²) in [7, 11) is 0. The fourth-order valence-corrected chi connectivity index (χ4v) is 9.15. The normalized spacial score (nSPS) is 17.1. The predicted molar refractivity (Wildman–Crippen MR) is 252 cm³/mol. The first-order valence-electron chi connectivity index (χ1n) is 23.2. The van der Waals surface area contributed by atoms with Crippen LogP contribution in [0.1, 0.15) is 113 Å². The first-order valence-corrected chi connectivity index (χ1v) is 24.3. The van der Waals surface area contributed by atoms with Crippen LogP contribution in [0.2, 0.25) is 0 Å². The van der Waals surface area contributed by atoms with E-state index in [9.17, 15) is 52.6 Å². The average molecular weight is 975 g/mol. The molecule has 19 nitrogen and oxygen atoms in total. The Labute approximate surface area is 402 Å². The number of fused-ring (bicyclic) bond motifs is 5.